The van der Waals surface area contributed by atoms with Gasteiger partial charge in [-0.15, -0.1) is 0 Å². The minimum atomic E-state index is -0.343. The van der Waals surface area contributed by atoms with Gasteiger partial charge in [0.2, 0.25) is 5.91 Å². The Morgan fingerprint density at radius 2 is 2.00 bits per heavy atom. The number of aryl methyl sites for hydroxylation is 1. The van der Waals surface area contributed by atoms with Gasteiger partial charge in [0, 0.05) is 24.4 Å². The Bertz CT molecular complexity index is 738. The smallest absolute Gasteiger partial charge is 0.407 e. The zero-order chi connectivity index (χ0) is 17.2. The van der Waals surface area contributed by atoms with Gasteiger partial charge >= 0.3 is 6.09 Å². The second-order valence-electron chi connectivity index (χ2n) is 8.54. The number of hydrogen-bond donors (Lipinski definition) is 1. The zero-order valence-corrected chi connectivity index (χ0v) is 14.6. The molecule has 2 atom stereocenters. The van der Waals surface area contributed by atoms with E-state index in [4.69, 9.17) is 4.74 Å². The van der Waals surface area contributed by atoms with Crippen LogP contribution in [0.15, 0.2) is 24.3 Å². The molecule has 5 rings (SSSR count). The summed E-state index contributed by atoms with van der Waals surface area (Å²) in [5.41, 5.74) is 2.80. The minimum absolute atomic E-state index is 0.0487. The summed E-state index contributed by atoms with van der Waals surface area (Å²) in [5, 5.41) is 2.87. The molecule has 2 heterocycles. The molecule has 2 aliphatic carbocycles. The van der Waals surface area contributed by atoms with Crippen LogP contribution in [0.3, 0.4) is 0 Å². The van der Waals surface area contributed by atoms with Crippen molar-refractivity contribution in [3.63, 3.8) is 0 Å². The Morgan fingerprint density at radius 1 is 1.24 bits per heavy atom. The van der Waals surface area contributed by atoms with Crippen molar-refractivity contribution in [3.05, 3.63) is 35.4 Å². The van der Waals surface area contributed by atoms with Crippen LogP contribution in [0.2, 0.25) is 0 Å². The number of fused-ring (bicyclic) bond motifs is 1. The van der Waals surface area contributed by atoms with E-state index in [0.29, 0.717) is 17.9 Å². The van der Waals surface area contributed by atoms with Crippen LogP contribution in [0.25, 0.3) is 0 Å². The highest BCUT2D eigenvalue weighted by Gasteiger charge is 2.59. The summed E-state index contributed by atoms with van der Waals surface area (Å²) >= 11 is 0. The molecule has 2 unspecified atom stereocenters. The number of ether oxygens (including phenoxy) is 1. The number of rotatable bonds is 2. The molecule has 5 nitrogen and oxygen atoms in total. The number of piperidine rings is 1. The van der Waals surface area contributed by atoms with Crippen LogP contribution in [-0.4, -0.2) is 42.1 Å². The second-order valence-corrected chi connectivity index (χ2v) is 8.54. The topological polar surface area (TPSA) is 58.6 Å². The minimum Gasteiger partial charge on any atom is -0.447 e. The van der Waals surface area contributed by atoms with Crippen molar-refractivity contribution in [2.24, 2.45) is 11.8 Å². The van der Waals surface area contributed by atoms with Gasteiger partial charge in [-0.1, -0.05) is 29.8 Å². The van der Waals surface area contributed by atoms with E-state index in [1.165, 1.54) is 17.5 Å². The first-order valence-corrected chi connectivity index (χ1v) is 9.31. The molecule has 2 aliphatic heterocycles. The van der Waals surface area contributed by atoms with Crippen molar-refractivity contribution in [1.82, 2.24) is 10.2 Å². The molecule has 0 aromatic heterocycles. The maximum absolute atomic E-state index is 12.8. The first-order chi connectivity index (χ1) is 12.0. The molecular weight excluding hydrogens is 316 g/mol. The molecule has 0 bridgehead atoms. The third-order valence-corrected chi connectivity index (χ3v) is 6.91. The van der Waals surface area contributed by atoms with E-state index in [9.17, 15) is 9.59 Å². The van der Waals surface area contributed by atoms with Gasteiger partial charge in [-0.25, -0.2) is 4.79 Å². The van der Waals surface area contributed by atoms with Gasteiger partial charge in [0.1, 0.15) is 6.61 Å². The lowest BCUT2D eigenvalue weighted by Crippen LogP contribution is -2.58. The second kappa shape index (κ2) is 4.99. The number of cyclic esters (lactones) is 1. The average Bonchev–Trinajstić information content (AvgIpc) is 3.19. The summed E-state index contributed by atoms with van der Waals surface area (Å²) in [5.74, 6) is 0.931. The molecule has 0 radical (unpaired) electrons. The van der Waals surface area contributed by atoms with Crippen molar-refractivity contribution in [3.8, 4) is 0 Å². The number of nitrogens with zero attached hydrogens (tertiary/aromatic N) is 1. The number of amides is 2. The van der Waals surface area contributed by atoms with Crippen LogP contribution in [0, 0.1) is 18.8 Å². The summed E-state index contributed by atoms with van der Waals surface area (Å²) in [4.78, 5) is 26.1. The molecule has 1 spiro atoms. The summed E-state index contributed by atoms with van der Waals surface area (Å²) in [6, 6.07) is 8.93. The first kappa shape index (κ1) is 15.2. The summed E-state index contributed by atoms with van der Waals surface area (Å²) in [6.07, 6.45) is 3.39. The van der Waals surface area contributed by atoms with Gasteiger partial charge in [-0.2, -0.15) is 0 Å². The third kappa shape index (κ3) is 2.28. The SMILES string of the molecule is Cc1ccc(C23CCN(C(=O)C4CC5(COC(=O)N5)C4)CC2C3)cc1. The summed E-state index contributed by atoms with van der Waals surface area (Å²) in [6.45, 7) is 4.28. The van der Waals surface area contributed by atoms with E-state index >= 15 is 0 Å². The highest BCUT2D eigenvalue weighted by atomic mass is 16.6. The lowest BCUT2D eigenvalue weighted by atomic mass is 9.68. The van der Waals surface area contributed by atoms with E-state index in [-0.39, 0.29) is 23.5 Å². The van der Waals surface area contributed by atoms with Gasteiger partial charge < -0.3 is 15.0 Å². The van der Waals surface area contributed by atoms with Crippen molar-refractivity contribution >= 4 is 12.0 Å². The molecule has 2 saturated carbocycles. The fraction of sp³-hybridized carbons (Fsp3) is 0.600. The maximum atomic E-state index is 12.8. The Morgan fingerprint density at radius 3 is 2.64 bits per heavy atom. The van der Waals surface area contributed by atoms with Gasteiger partial charge in [0.15, 0.2) is 0 Å². The molecule has 4 fully saturated rings. The first-order valence-electron chi connectivity index (χ1n) is 9.31. The molecule has 1 aromatic carbocycles. The van der Waals surface area contributed by atoms with Crippen molar-refractivity contribution in [2.45, 2.75) is 43.6 Å². The quantitative estimate of drug-likeness (QED) is 0.899. The number of alkyl carbamates (subject to hydrolysis) is 1. The monoisotopic (exact) mass is 340 g/mol. The van der Waals surface area contributed by atoms with Gasteiger partial charge in [0.25, 0.3) is 0 Å². The van der Waals surface area contributed by atoms with Crippen molar-refractivity contribution in [1.29, 1.82) is 0 Å². The normalized spacial score (nSPS) is 38.6. The molecule has 5 heteroatoms. The molecular formula is C20H24N2O3. The van der Waals surface area contributed by atoms with Crippen LogP contribution in [0.5, 0.6) is 0 Å². The van der Waals surface area contributed by atoms with Crippen LogP contribution in [-0.2, 0) is 14.9 Å². The number of benzene rings is 1. The fourth-order valence-corrected chi connectivity index (χ4v) is 5.23. The lowest BCUT2D eigenvalue weighted by Gasteiger charge is -2.44. The number of carbonyl (C=O) groups is 2. The predicted octanol–water partition coefficient (Wildman–Crippen LogP) is 2.37. The summed E-state index contributed by atoms with van der Waals surface area (Å²) in [7, 11) is 0. The fourth-order valence-electron chi connectivity index (χ4n) is 5.23. The van der Waals surface area contributed by atoms with Gasteiger partial charge in [-0.3, -0.25) is 4.79 Å². The van der Waals surface area contributed by atoms with Crippen LogP contribution in [0.1, 0.15) is 36.8 Å². The Kier molecular flexibility index (Phi) is 3.04. The van der Waals surface area contributed by atoms with Crippen LogP contribution < -0.4 is 5.32 Å². The Labute approximate surface area is 147 Å². The van der Waals surface area contributed by atoms with Gasteiger partial charge in [-0.05, 0) is 44.1 Å². The predicted molar refractivity (Wildman–Crippen MR) is 92.1 cm³/mol. The molecule has 132 valence electrons. The standard InChI is InChI=1S/C20H24N2O3/c1-13-2-4-15(5-3-13)20-6-7-22(11-16(20)10-20)17(23)14-8-19(9-14)12-25-18(24)21-19/h2-5,14,16H,6-12H2,1H3,(H,21,24). The molecule has 2 amide bonds. The highest BCUT2D eigenvalue weighted by molar-refractivity contribution is 5.82. The number of nitrogens with one attached hydrogen (secondary N) is 1. The largest absolute Gasteiger partial charge is 0.447 e. The Balaban J connectivity index is 1.21. The highest BCUT2D eigenvalue weighted by Crippen LogP contribution is 2.59. The molecule has 2 saturated heterocycles. The molecule has 4 aliphatic rings. The molecule has 25 heavy (non-hydrogen) atoms. The molecule has 1 N–H and O–H groups in total. The average molecular weight is 340 g/mol. The van der Waals surface area contributed by atoms with E-state index in [0.717, 1.165) is 32.4 Å². The van der Waals surface area contributed by atoms with Crippen molar-refractivity contribution < 1.29 is 14.3 Å². The Hall–Kier alpha value is -2.04. The molecule has 1 aromatic rings. The van der Waals surface area contributed by atoms with E-state index < -0.39 is 0 Å². The number of carbonyl (C=O) groups excluding carboxylic acids is 2. The number of likely N-dealkylation sites (tertiary alicyclic amines) is 1. The summed E-state index contributed by atoms with van der Waals surface area (Å²) < 4.78 is 5.00. The maximum Gasteiger partial charge on any atom is 0.407 e. The van der Waals surface area contributed by atoms with Crippen LogP contribution >= 0.6 is 0 Å². The van der Waals surface area contributed by atoms with E-state index in [1.807, 2.05) is 0 Å². The van der Waals surface area contributed by atoms with E-state index in [2.05, 4.69) is 41.4 Å². The zero-order valence-electron chi connectivity index (χ0n) is 14.6. The lowest BCUT2D eigenvalue weighted by molar-refractivity contribution is -0.142. The van der Waals surface area contributed by atoms with Gasteiger partial charge in [0.05, 0.1) is 5.54 Å². The van der Waals surface area contributed by atoms with Crippen molar-refractivity contribution in [2.75, 3.05) is 19.7 Å². The number of hydrogen-bond acceptors (Lipinski definition) is 3. The van der Waals surface area contributed by atoms with E-state index in [1.54, 1.807) is 0 Å². The van der Waals surface area contributed by atoms with Crippen LogP contribution in [0.4, 0.5) is 4.79 Å². The third-order valence-electron chi connectivity index (χ3n) is 6.91.